The summed E-state index contributed by atoms with van der Waals surface area (Å²) in [5.74, 6) is 1.40. The normalized spacial score (nSPS) is 10.6. The van der Waals surface area contributed by atoms with Gasteiger partial charge in [-0.15, -0.1) is 13.2 Å². The summed E-state index contributed by atoms with van der Waals surface area (Å²) in [6.07, 6.45) is 5.41. The standard InChI is InChI=1S/C26H34O4/c1-19(2)13-15-29-25-17-21(9-11-23(25)27)7-5-6-8-22-10-12-24(28)26(18-22)30-16-14-20(3)4/h9-12,17-18,27-28H,1,3,5-8,13-16H2,2,4H3. The van der Waals surface area contributed by atoms with Crippen molar-refractivity contribution < 1.29 is 19.7 Å². The van der Waals surface area contributed by atoms with E-state index in [1.165, 1.54) is 0 Å². The average Bonchev–Trinajstić information content (AvgIpc) is 2.69. The van der Waals surface area contributed by atoms with Gasteiger partial charge in [-0.25, -0.2) is 0 Å². The molecule has 2 N–H and O–H groups in total. The zero-order chi connectivity index (χ0) is 21.9. The fraction of sp³-hybridized carbons (Fsp3) is 0.385. The number of phenolic OH excluding ortho intramolecular Hbond substituents is 2. The van der Waals surface area contributed by atoms with Crippen LogP contribution in [0.5, 0.6) is 23.0 Å². The SMILES string of the molecule is C=C(C)CCOc1cc(CCCCc2ccc(O)c(OCCC(=C)C)c2)ccc1O. The highest BCUT2D eigenvalue weighted by Gasteiger charge is 2.07. The van der Waals surface area contributed by atoms with Crippen molar-refractivity contribution >= 4 is 0 Å². The van der Waals surface area contributed by atoms with Crippen molar-refractivity contribution in [2.24, 2.45) is 0 Å². The largest absolute Gasteiger partial charge is 0.504 e. The van der Waals surface area contributed by atoms with Crippen LogP contribution in [0.15, 0.2) is 60.7 Å². The molecule has 0 saturated carbocycles. The van der Waals surface area contributed by atoms with Crippen molar-refractivity contribution in [2.75, 3.05) is 13.2 Å². The maximum absolute atomic E-state index is 9.98. The van der Waals surface area contributed by atoms with Crippen LogP contribution in [0, 0.1) is 0 Å². The molecule has 0 aromatic heterocycles. The summed E-state index contributed by atoms with van der Waals surface area (Å²) in [6.45, 7) is 12.7. The first-order valence-corrected chi connectivity index (χ1v) is 10.5. The van der Waals surface area contributed by atoms with Gasteiger partial charge in [-0.2, -0.15) is 0 Å². The second-order valence-corrected chi connectivity index (χ2v) is 7.92. The van der Waals surface area contributed by atoms with E-state index in [9.17, 15) is 10.2 Å². The molecule has 0 radical (unpaired) electrons. The van der Waals surface area contributed by atoms with Crippen molar-refractivity contribution in [3.05, 3.63) is 71.8 Å². The molecule has 2 aromatic carbocycles. The summed E-state index contributed by atoms with van der Waals surface area (Å²) in [5.41, 5.74) is 4.41. The predicted molar refractivity (Wildman–Crippen MR) is 123 cm³/mol. The van der Waals surface area contributed by atoms with Gasteiger partial charge in [-0.1, -0.05) is 23.3 Å². The molecule has 2 rings (SSSR count). The Morgan fingerprint density at radius 2 is 1.13 bits per heavy atom. The van der Waals surface area contributed by atoms with Crippen molar-refractivity contribution in [3.8, 4) is 23.0 Å². The highest BCUT2D eigenvalue weighted by atomic mass is 16.5. The maximum atomic E-state index is 9.98. The van der Waals surface area contributed by atoms with E-state index in [2.05, 4.69) is 13.2 Å². The zero-order valence-corrected chi connectivity index (χ0v) is 18.2. The molecule has 0 atom stereocenters. The first-order chi connectivity index (χ1) is 14.3. The molecule has 162 valence electrons. The Balaban J connectivity index is 1.82. The quantitative estimate of drug-likeness (QED) is 0.298. The third kappa shape index (κ3) is 8.24. The Morgan fingerprint density at radius 1 is 0.733 bits per heavy atom. The fourth-order valence-electron chi connectivity index (χ4n) is 2.99. The second-order valence-electron chi connectivity index (χ2n) is 7.92. The van der Waals surface area contributed by atoms with Crippen LogP contribution in [0.4, 0.5) is 0 Å². The van der Waals surface area contributed by atoms with Gasteiger partial charge in [0.1, 0.15) is 0 Å². The lowest BCUT2D eigenvalue weighted by Gasteiger charge is -2.11. The minimum Gasteiger partial charge on any atom is -0.504 e. The number of rotatable bonds is 13. The summed E-state index contributed by atoms with van der Waals surface area (Å²) in [5, 5.41) is 20.0. The third-order valence-electron chi connectivity index (χ3n) is 4.80. The van der Waals surface area contributed by atoms with E-state index in [0.29, 0.717) is 24.7 Å². The lowest BCUT2D eigenvalue weighted by Crippen LogP contribution is -1.99. The van der Waals surface area contributed by atoms with Gasteiger partial charge in [0.05, 0.1) is 13.2 Å². The summed E-state index contributed by atoms with van der Waals surface area (Å²) in [4.78, 5) is 0. The first-order valence-electron chi connectivity index (χ1n) is 10.5. The number of ether oxygens (including phenoxy) is 2. The van der Waals surface area contributed by atoms with E-state index in [1.807, 2.05) is 38.1 Å². The minimum atomic E-state index is 0.170. The maximum Gasteiger partial charge on any atom is 0.161 e. The lowest BCUT2D eigenvalue weighted by molar-refractivity contribution is 0.302. The minimum absolute atomic E-state index is 0.170. The molecule has 0 amide bonds. The summed E-state index contributed by atoms with van der Waals surface area (Å²) < 4.78 is 11.4. The molecule has 0 aliphatic rings. The molecular weight excluding hydrogens is 376 g/mol. The van der Waals surface area contributed by atoms with Crippen LogP contribution in [0.2, 0.25) is 0 Å². The molecule has 0 bridgehead atoms. The molecular formula is C26H34O4. The van der Waals surface area contributed by atoms with Crippen LogP contribution >= 0.6 is 0 Å². The van der Waals surface area contributed by atoms with E-state index in [-0.39, 0.29) is 11.5 Å². The van der Waals surface area contributed by atoms with Gasteiger partial charge in [0.15, 0.2) is 23.0 Å². The van der Waals surface area contributed by atoms with E-state index in [0.717, 1.165) is 60.8 Å². The molecule has 0 spiro atoms. The van der Waals surface area contributed by atoms with E-state index in [1.54, 1.807) is 12.1 Å². The molecule has 0 saturated heterocycles. The van der Waals surface area contributed by atoms with E-state index in [4.69, 9.17) is 9.47 Å². The Labute approximate surface area is 180 Å². The van der Waals surface area contributed by atoms with Gasteiger partial charge >= 0.3 is 0 Å². The number of benzene rings is 2. The number of hydrogen-bond donors (Lipinski definition) is 2. The van der Waals surface area contributed by atoms with Crippen molar-refractivity contribution in [1.29, 1.82) is 0 Å². The second kappa shape index (κ2) is 12.0. The molecule has 0 aliphatic carbocycles. The van der Waals surface area contributed by atoms with E-state index < -0.39 is 0 Å². The predicted octanol–water partition coefficient (Wildman–Crippen LogP) is 6.35. The zero-order valence-electron chi connectivity index (χ0n) is 18.2. The average molecular weight is 411 g/mol. The lowest BCUT2D eigenvalue weighted by atomic mass is 10.0. The smallest absolute Gasteiger partial charge is 0.161 e. The molecule has 4 heteroatoms. The van der Waals surface area contributed by atoms with Crippen LogP contribution in [0.25, 0.3) is 0 Å². The van der Waals surface area contributed by atoms with E-state index >= 15 is 0 Å². The van der Waals surface area contributed by atoms with Gasteiger partial charge in [-0.3, -0.25) is 0 Å². The third-order valence-corrected chi connectivity index (χ3v) is 4.80. The molecule has 0 unspecified atom stereocenters. The topological polar surface area (TPSA) is 58.9 Å². The number of aryl methyl sites for hydroxylation is 2. The number of unbranched alkanes of at least 4 members (excludes halogenated alkanes) is 1. The van der Waals surface area contributed by atoms with Crippen LogP contribution in [-0.2, 0) is 12.8 Å². The molecule has 30 heavy (non-hydrogen) atoms. The molecule has 0 fully saturated rings. The summed E-state index contributed by atoms with van der Waals surface area (Å²) in [6, 6.07) is 11.1. The van der Waals surface area contributed by atoms with Crippen molar-refractivity contribution in [2.45, 2.75) is 52.4 Å². The number of hydrogen-bond acceptors (Lipinski definition) is 4. The molecule has 0 aliphatic heterocycles. The highest BCUT2D eigenvalue weighted by molar-refractivity contribution is 5.42. The van der Waals surface area contributed by atoms with Crippen molar-refractivity contribution in [1.82, 2.24) is 0 Å². The van der Waals surface area contributed by atoms with Gasteiger partial charge in [0, 0.05) is 12.8 Å². The number of aromatic hydroxyl groups is 2. The summed E-state index contributed by atoms with van der Waals surface area (Å²) in [7, 11) is 0. The fourth-order valence-corrected chi connectivity index (χ4v) is 2.99. The van der Waals surface area contributed by atoms with Crippen molar-refractivity contribution in [3.63, 3.8) is 0 Å². The van der Waals surface area contributed by atoms with Gasteiger partial charge in [-0.05, 0) is 74.9 Å². The highest BCUT2D eigenvalue weighted by Crippen LogP contribution is 2.29. The van der Waals surface area contributed by atoms with Gasteiger partial charge in [0.25, 0.3) is 0 Å². The Hall–Kier alpha value is -2.88. The van der Waals surface area contributed by atoms with Crippen LogP contribution in [0.1, 0.15) is 50.7 Å². The first kappa shape index (κ1) is 23.4. The Bertz CT molecular complexity index is 783. The van der Waals surface area contributed by atoms with Crippen LogP contribution in [0.3, 0.4) is 0 Å². The summed E-state index contributed by atoms with van der Waals surface area (Å²) >= 11 is 0. The molecule has 2 aromatic rings. The number of phenols is 2. The Morgan fingerprint density at radius 3 is 1.50 bits per heavy atom. The van der Waals surface area contributed by atoms with Crippen LogP contribution in [-0.4, -0.2) is 23.4 Å². The van der Waals surface area contributed by atoms with Crippen LogP contribution < -0.4 is 9.47 Å². The monoisotopic (exact) mass is 410 g/mol. The molecule has 4 nitrogen and oxygen atoms in total. The van der Waals surface area contributed by atoms with Gasteiger partial charge in [0.2, 0.25) is 0 Å². The Kier molecular flexibility index (Phi) is 9.33. The molecule has 0 heterocycles. The van der Waals surface area contributed by atoms with Gasteiger partial charge < -0.3 is 19.7 Å².